The predicted molar refractivity (Wildman–Crippen MR) is 129 cm³/mol. The number of aromatic nitrogens is 1. The molecule has 3 amide bonds. The maximum atomic E-state index is 13.4. The van der Waals surface area contributed by atoms with Gasteiger partial charge in [-0.15, -0.1) is 11.3 Å². The Labute approximate surface area is 203 Å². The van der Waals surface area contributed by atoms with Crippen molar-refractivity contribution in [2.75, 3.05) is 19.6 Å². The number of fused-ring (bicyclic) bond motifs is 2. The fourth-order valence-electron chi connectivity index (χ4n) is 4.77. The average molecular weight is 482 g/mol. The van der Waals surface area contributed by atoms with E-state index >= 15 is 0 Å². The van der Waals surface area contributed by atoms with Crippen LogP contribution in [0.25, 0.3) is 0 Å². The van der Waals surface area contributed by atoms with E-state index in [2.05, 4.69) is 20.6 Å². The second-order valence-corrected chi connectivity index (χ2v) is 10.4. The van der Waals surface area contributed by atoms with Crippen LogP contribution in [-0.2, 0) is 16.1 Å². The van der Waals surface area contributed by atoms with E-state index in [1.807, 2.05) is 38.1 Å². The maximum Gasteiger partial charge on any atom is 0.264 e. The van der Waals surface area contributed by atoms with Crippen LogP contribution in [0.1, 0.15) is 76.1 Å². The molecule has 34 heavy (non-hydrogen) atoms. The normalized spacial score (nSPS) is 20.9. The summed E-state index contributed by atoms with van der Waals surface area (Å²) in [4.78, 5) is 44.6. The number of amides is 3. The highest BCUT2D eigenvalue weighted by Crippen LogP contribution is 2.42. The van der Waals surface area contributed by atoms with Crippen LogP contribution in [0.5, 0.6) is 0 Å². The molecule has 1 saturated carbocycles. The minimum Gasteiger partial charge on any atom is -0.350 e. The number of benzene rings is 1. The number of hydrogen-bond acceptors (Lipinski definition) is 6. The lowest BCUT2D eigenvalue weighted by Gasteiger charge is -2.28. The molecule has 2 N–H and O–H groups in total. The Morgan fingerprint density at radius 3 is 2.79 bits per heavy atom. The summed E-state index contributed by atoms with van der Waals surface area (Å²) >= 11 is 1.46. The largest absolute Gasteiger partial charge is 0.350 e. The third-order valence-electron chi connectivity index (χ3n) is 6.95. The third-order valence-corrected chi connectivity index (χ3v) is 8.27. The summed E-state index contributed by atoms with van der Waals surface area (Å²) in [6, 6.07) is 7.10. The Balaban J connectivity index is 1.27. The van der Waals surface area contributed by atoms with Crippen molar-refractivity contribution in [3.8, 4) is 0 Å². The number of carbonyl (C=O) groups excluding carboxylic acids is 3. The lowest BCUT2D eigenvalue weighted by molar-refractivity contribution is -0.148. The highest BCUT2D eigenvalue weighted by molar-refractivity contribution is 7.14. The lowest BCUT2D eigenvalue weighted by Crippen LogP contribution is -2.47. The monoisotopic (exact) mass is 481 g/mol. The van der Waals surface area contributed by atoms with Gasteiger partial charge in [0.15, 0.2) is 0 Å². The van der Waals surface area contributed by atoms with E-state index in [4.69, 9.17) is 0 Å². The average Bonchev–Trinajstić information content (AvgIpc) is 3.48. The molecule has 3 aliphatic rings. The van der Waals surface area contributed by atoms with Gasteiger partial charge in [0.2, 0.25) is 5.91 Å². The minimum atomic E-state index is -0.721. The molecule has 1 saturated heterocycles. The van der Waals surface area contributed by atoms with Crippen molar-refractivity contribution in [2.45, 2.75) is 58.0 Å². The zero-order chi connectivity index (χ0) is 23.8. The van der Waals surface area contributed by atoms with Gasteiger partial charge in [-0.3, -0.25) is 19.4 Å². The van der Waals surface area contributed by atoms with Gasteiger partial charge in [0, 0.05) is 32.1 Å². The fourth-order valence-corrected chi connectivity index (χ4v) is 5.92. The maximum absolute atomic E-state index is 13.4. The van der Waals surface area contributed by atoms with Crippen LogP contribution in [0.2, 0.25) is 0 Å². The molecule has 0 bridgehead atoms. The molecule has 0 spiro atoms. The van der Waals surface area contributed by atoms with Crippen molar-refractivity contribution in [3.05, 3.63) is 51.0 Å². The van der Waals surface area contributed by atoms with Crippen LogP contribution in [-0.4, -0.2) is 52.4 Å². The van der Waals surface area contributed by atoms with Crippen LogP contribution in [0.3, 0.4) is 0 Å². The summed E-state index contributed by atoms with van der Waals surface area (Å²) in [6.45, 7) is 6.17. The van der Waals surface area contributed by atoms with Crippen molar-refractivity contribution < 1.29 is 14.4 Å². The number of thiazole rings is 1. The van der Waals surface area contributed by atoms with Crippen molar-refractivity contribution in [1.82, 2.24) is 25.6 Å². The topological polar surface area (TPSA) is 94.6 Å². The van der Waals surface area contributed by atoms with Crippen molar-refractivity contribution >= 4 is 29.1 Å². The van der Waals surface area contributed by atoms with Gasteiger partial charge in [0.25, 0.3) is 11.8 Å². The van der Waals surface area contributed by atoms with Gasteiger partial charge in [0.05, 0.1) is 16.6 Å². The molecule has 9 heteroatoms. The Bertz CT molecular complexity index is 1110. The first-order valence-corrected chi connectivity index (χ1v) is 13.0. The number of nitrogens with one attached hydrogen (secondary N) is 2. The van der Waals surface area contributed by atoms with Gasteiger partial charge < -0.3 is 10.6 Å². The standard InChI is InChI=1S/C25H31N5O3S/c1-3-16(13-26-23(32)21-15(2)27-24(34-21)17-9-10-17)22(31)28-20-19-8-5-4-7-18(19)14-29-11-6-12-30(29)25(20)33/h4-5,7-8,16-17,20H,3,6,9-14H2,1-2H3,(H,26,32)(H,28,31)/t16?,20-/m0/s1. The molecule has 0 radical (unpaired) electrons. The van der Waals surface area contributed by atoms with E-state index in [0.29, 0.717) is 30.3 Å². The van der Waals surface area contributed by atoms with Gasteiger partial charge in [-0.05, 0) is 43.7 Å². The van der Waals surface area contributed by atoms with Crippen LogP contribution >= 0.6 is 11.3 Å². The van der Waals surface area contributed by atoms with Crippen molar-refractivity contribution in [2.24, 2.45) is 5.92 Å². The molecule has 1 aromatic heterocycles. The molecule has 1 aromatic carbocycles. The van der Waals surface area contributed by atoms with Crippen molar-refractivity contribution in [3.63, 3.8) is 0 Å². The van der Waals surface area contributed by atoms with Gasteiger partial charge in [-0.25, -0.2) is 9.99 Å². The molecule has 5 rings (SSSR count). The second-order valence-electron chi connectivity index (χ2n) is 9.40. The first-order chi connectivity index (χ1) is 16.5. The number of hydrogen-bond donors (Lipinski definition) is 2. The first-order valence-electron chi connectivity index (χ1n) is 12.2. The Morgan fingerprint density at radius 2 is 2.03 bits per heavy atom. The number of carbonyl (C=O) groups is 3. The van der Waals surface area contributed by atoms with E-state index in [1.54, 1.807) is 5.01 Å². The highest BCUT2D eigenvalue weighted by atomic mass is 32.1. The van der Waals surface area contributed by atoms with Crippen LogP contribution < -0.4 is 10.6 Å². The predicted octanol–water partition coefficient (Wildman–Crippen LogP) is 2.91. The minimum absolute atomic E-state index is 0.0948. The summed E-state index contributed by atoms with van der Waals surface area (Å²) in [7, 11) is 0. The molecule has 2 aliphatic heterocycles. The highest BCUT2D eigenvalue weighted by Gasteiger charge is 2.38. The second kappa shape index (κ2) is 9.46. The fraction of sp³-hybridized carbons (Fsp3) is 0.520. The Kier molecular flexibility index (Phi) is 6.40. The molecule has 2 aromatic rings. The number of rotatable bonds is 7. The van der Waals surface area contributed by atoms with Crippen molar-refractivity contribution in [1.29, 1.82) is 0 Å². The van der Waals surface area contributed by atoms with E-state index in [1.165, 1.54) is 11.3 Å². The van der Waals surface area contributed by atoms with Gasteiger partial charge >= 0.3 is 0 Å². The molecule has 1 unspecified atom stereocenters. The molecule has 2 atom stereocenters. The Hall–Kier alpha value is -2.78. The molecule has 2 fully saturated rings. The molecular weight excluding hydrogens is 450 g/mol. The van der Waals surface area contributed by atoms with E-state index in [0.717, 1.165) is 47.6 Å². The summed E-state index contributed by atoms with van der Waals surface area (Å²) < 4.78 is 0. The van der Waals surface area contributed by atoms with E-state index < -0.39 is 12.0 Å². The van der Waals surface area contributed by atoms with Gasteiger partial charge in [-0.2, -0.15) is 0 Å². The molecule has 8 nitrogen and oxygen atoms in total. The Morgan fingerprint density at radius 1 is 1.24 bits per heavy atom. The zero-order valence-electron chi connectivity index (χ0n) is 19.7. The van der Waals surface area contributed by atoms with E-state index in [9.17, 15) is 14.4 Å². The number of nitrogens with zero attached hydrogens (tertiary/aromatic N) is 3. The summed E-state index contributed by atoms with van der Waals surface area (Å²) in [5, 5.41) is 10.8. The lowest BCUT2D eigenvalue weighted by atomic mass is 9.98. The third kappa shape index (κ3) is 4.46. The number of hydrazine groups is 1. The molecular formula is C25H31N5O3S. The summed E-state index contributed by atoms with van der Waals surface area (Å²) in [5.41, 5.74) is 2.65. The smallest absolute Gasteiger partial charge is 0.264 e. The quantitative estimate of drug-likeness (QED) is 0.634. The van der Waals surface area contributed by atoms with E-state index in [-0.39, 0.29) is 24.3 Å². The summed E-state index contributed by atoms with van der Waals surface area (Å²) in [5.74, 6) is -0.425. The molecule has 1 aliphatic carbocycles. The molecule has 180 valence electrons. The SMILES string of the molecule is CCC(CNC(=O)c1sc(C2CC2)nc1C)C(=O)N[C@@H]1C(=O)N2CCCN2Cc2ccccc21. The van der Waals surface area contributed by atoms with Crippen LogP contribution in [0.4, 0.5) is 0 Å². The first kappa shape index (κ1) is 23.0. The van der Waals surface area contributed by atoms with Gasteiger partial charge in [-0.1, -0.05) is 31.2 Å². The zero-order valence-corrected chi connectivity index (χ0v) is 20.5. The number of aryl methyl sites for hydroxylation is 1. The summed E-state index contributed by atoms with van der Waals surface area (Å²) in [6.07, 6.45) is 3.77. The van der Waals surface area contributed by atoms with Gasteiger partial charge in [0.1, 0.15) is 10.9 Å². The molecule has 3 heterocycles. The van der Waals surface area contributed by atoms with Crippen LogP contribution in [0.15, 0.2) is 24.3 Å². The van der Waals surface area contributed by atoms with Crippen LogP contribution in [0, 0.1) is 12.8 Å².